The van der Waals surface area contributed by atoms with Crippen LogP contribution in [0.3, 0.4) is 0 Å². The van der Waals surface area contributed by atoms with Crippen LogP contribution < -0.4 is 14.9 Å². The maximum atomic E-state index is 14.1. The highest BCUT2D eigenvalue weighted by atomic mass is 16.8. The quantitative estimate of drug-likeness (QED) is 0.112. The molecule has 3 fully saturated rings. The first-order valence-electron chi connectivity index (χ1n) is 15.8. The normalized spacial score (nSPS) is 37.3. The van der Waals surface area contributed by atoms with Crippen LogP contribution in [0.25, 0.3) is 22.3 Å². The van der Waals surface area contributed by atoms with Gasteiger partial charge in [-0.1, -0.05) is 0 Å². The monoisotopic (exact) mass is 726 g/mol. The molecule has 280 valence electrons. The Balaban J connectivity index is 1.40. The van der Waals surface area contributed by atoms with Crippen LogP contribution in [0.4, 0.5) is 0 Å². The van der Waals surface area contributed by atoms with Gasteiger partial charge in [-0.3, -0.25) is 4.79 Å². The average molecular weight is 727 g/mol. The molecule has 2 aromatic carbocycles. The first kappa shape index (κ1) is 36.9. The predicted octanol–water partition coefficient (Wildman–Crippen LogP) is -2.55. The Morgan fingerprint density at radius 3 is 1.94 bits per heavy atom. The van der Waals surface area contributed by atoms with Gasteiger partial charge in [0.1, 0.15) is 71.3 Å². The number of aliphatic hydroxyl groups excluding tert-OH is 8. The third kappa shape index (κ3) is 6.91. The molecule has 11 N–H and O–H groups in total. The molecular formula is C32H38O19. The van der Waals surface area contributed by atoms with Gasteiger partial charge in [0.2, 0.25) is 23.8 Å². The molecule has 0 radical (unpaired) electrons. The highest BCUT2D eigenvalue weighted by Crippen LogP contribution is 2.40. The van der Waals surface area contributed by atoms with Crippen molar-refractivity contribution in [1.82, 2.24) is 0 Å². The Bertz CT molecular complexity index is 1780. The smallest absolute Gasteiger partial charge is 0.239 e. The topological polar surface area (TPSA) is 308 Å². The van der Waals surface area contributed by atoms with E-state index in [9.17, 15) is 61.0 Å². The molecule has 19 heteroatoms. The molecule has 0 unspecified atom stereocenters. The van der Waals surface area contributed by atoms with Crippen LogP contribution in [-0.2, 0) is 18.9 Å². The van der Waals surface area contributed by atoms with Gasteiger partial charge in [0, 0.05) is 17.7 Å². The van der Waals surface area contributed by atoms with Crippen molar-refractivity contribution in [3.63, 3.8) is 0 Å². The fourth-order valence-corrected chi connectivity index (χ4v) is 5.94. The molecule has 0 bridgehead atoms. The zero-order chi connectivity index (χ0) is 37.0. The lowest BCUT2D eigenvalue weighted by Gasteiger charge is -2.43. The van der Waals surface area contributed by atoms with Gasteiger partial charge in [-0.15, -0.1) is 0 Å². The number of aromatic hydroxyl groups is 3. The summed E-state index contributed by atoms with van der Waals surface area (Å²) in [7, 11) is 0. The molecule has 14 atom stereocenters. The summed E-state index contributed by atoms with van der Waals surface area (Å²) < 4.78 is 39.7. The summed E-state index contributed by atoms with van der Waals surface area (Å²) in [4.78, 5) is 14.1. The van der Waals surface area contributed by atoms with Crippen molar-refractivity contribution >= 4 is 11.0 Å². The van der Waals surface area contributed by atoms with Crippen molar-refractivity contribution in [3.8, 4) is 40.1 Å². The van der Waals surface area contributed by atoms with Crippen molar-refractivity contribution < 1.29 is 89.0 Å². The van der Waals surface area contributed by atoms with Gasteiger partial charge in [-0.2, -0.15) is 0 Å². The Kier molecular flexibility index (Phi) is 10.4. The Morgan fingerprint density at radius 1 is 0.667 bits per heavy atom. The zero-order valence-electron chi connectivity index (χ0n) is 26.9. The number of ether oxygens (including phenoxy) is 6. The van der Waals surface area contributed by atoms with Crippen molar-refractivity contribution in [2.45, 2.75) is 99.9 Å². The second-order valence-electron chi connectivity index (χ2n) is 12.6. The number of aliphatic hydroxyl groups is 8. The highest BCUT2D eigenvalue weighted by Gasteiger charge is 2.49. The van der Waals surface area contributed by atoms with Crippen LogP contribution in [0.1, 0.15) is 13.8 Å². The third-order valence-corrected chi connectivity index (χ3v) is 8.97. The molecule has 3 aliphatic rings. The van der Waals surface area contributed by atoms with E-state index in [0.717, 1.165) is 24.3 Å². The van der Waals surface area contributed by atoms with Crippen LogP contribution in [0.2, 0.25) is 0 Å². The van der Waals surface area contributed by atoms with E-state index in [4.69, 9.17) is 32.8 Å². The Hall–Kier alpha value is -3.83. The van der Waals surface area contributed by atoms with Gasteiger partial charge in [0.15, 0.2) is 29.7 Å². The van der Waals surface area contributed by atoms with E-state index in [2.05, 4.69) is 0 Å². The van der Waals surface area contributed by atoms with Gasteiger partial charge in [-0.25, -0.2) is 0 Å². The van der Waals surface area contributed by atoms with E-state index in [0.29, 0.717) is 0 Å². The molecule has 19 nitrogen and oxygen atoms in total. The number of rotatable bonds is 7. The predicted molar refractivity (Wildman–Crippen MR) is 166 cm³/mol. The van der Waals surface area contributed by atoms with Crippen molar-refractivity contribution in [2.75, 3.05) is 6.61 Å². The van der Waals surface area contributed by atoms with Crippen LogP contribution in [0.15, 0.2) is 39.5 Å². The molecule has 3 aliphatic heterocycles. The zero-order valence-corrected chi connectivity index (χ0v) is 26.9. The van der Waals surface area contributed by atoms with E-state index < -0.39 is 132 Å². The molecule has 1 aromatic heterocycles. The van der Waals surface area contributed by atoms with Crippen LogP contribution in [-0.4, -0.2) is 149 Å². The molecule has 3 aromatic rings. The molecule has 6 rings (SSSR count). The number of fused-ring (bicyclic) bond motifs is 1. The molecule has 51 heavy (non-hydrogen) atoms. The Labute approximate surface area is 287 Å². The average Bonchev–Trinajstić information content (AvgIpc) is 3.09. The summed E-state index contributed by atoms with van der Waals surface area (Å²) in [6, 6.07) is 5.43. The molecular weight excluding hydrogens is 688 g/mol. The maximum absolute atomic E-state index is 14.1. The van der Waals surface area contributed by atoms with Crippen molar-refractivity contribution in [3.05, 3.63) is 40.6 Å². The van der Waals surface area contributed by atoms with Gasteiger partial charge in [0.05, 0.1) is 18.8 Å². The largest absolute Gasteiger partial charge is 0.507 e. The molecule has 0 saturated carbocycles. The second-order valence-corrected chi connectivity index (χ2v) is 12.6. The van der Waals surface area contributed by atoms with Crippen molar-refractivity contribution in [1.29, 1.82) is 0 Å². The van der Waals surface area contributed by atoms with E-state index in [1.165, 1.54) is 19.9 Å². The molecule has 0 amide bonds. The summed E-state index contributed by atoms with van der Waals surface area (Å²) in [6.45, 7) is 2.27. The minimum atomic E-state index is -1.84. The standard InChI is InChI=1S/C32H38O19/c1-9-19(37)23(41)25(43)30(46-9)48-12-6-15(35)18-17(7-12)49-27(11-3-4-13(33)14(34)5-11)28(22(18)40)50-32-29(21(39)16(36)8-45-32)51-31-26(44)24(42)20(38)10(2)47-31/h3-7,9-10,16,19-21,23-26,29-39,41-44H,8H2,1-2H3/t9-,10-,16-,19-,20-,21-,23+,24+,25+,26+,29+,30-,31-,32-/m0/s1. The maximum Gasteiger partial charge on any atom is 0.239 e. The lowest BCUT2D eigenvalue weighted by Crippen LogP contribution is -2.62. The fourth-order valence-electron chi connectivity index (χ4n) is 5.94. The highest BCUT2D eigenvalue weighted by molar-refractivity contribution is 5.88. The van der Waals surface area contributed by atoms with Gasteiger partial charge in [-0.05, 0) is 32.0 Å². The summed E-state index contributed by atoms with van der Waals surface area (Å²) in [5.41, 5.74) is -1.45. The number of hydrogen-bond acceptors (Lipinski definition) is 19. The third-order valence-electron chi connectivity index (χ3n) is 8.97. The van der Waals surface area contributed by atoms with E-state index >= 15 is 0 Å². The number of phenolic OH excluding ortho intramolecular Hbond substituents is 3. The number of hydrogen-bond donors (Lipinski definition) is 11. The van der Waals surface area contributed by atoms with E-state index in [1.807, 2.05) is 0 Å². The van der Waals surface area contributed by atoms with Crippen LogP contribution in [0, 0.1) is 0 Å². The lowest BCUT2D eigenvalue weighted by molar-refractivity contribution is -0.344. The first-order chi connectivity index (χ1) is 24.1. The summed E-state index contributed by atoms with van der Waals surface area (Å²) >= 11 is 0. The van der Waals surface area contributed by atoms with E-state index in [1.54, 1.807) is 0 Å². The summed E-state index contributed by atoms with van der Waals surface area (Å²) in [6.07, 6.45) is -21.9. The number of benzene rings is 2. The second kappa shape index (κ2) is 14.3. The minimum Gasteiger partial charge on any atom is -0.507 e. The van der Waals surface area contributed by atoms with Crippen molar-refractivity contribution in [2.24, 2.45) is 0 Å². The summed E-state index contributed by atoms with van der Waals surface area (Å²) in [5.74, 6) is -3.22. The SMILES string of the molecule is C[C@@H]1O[C@@H](Oc2cc(O)c3c(=O)c(O[C@@H]4OC[C@H](O)[C@H](O)[C@H]4O[C@@H]4O[C@@H](C)[C@H](O)[C@@H](O)[C@H]4O)c(-c4ccc(O)c(O)c4)oc3c2)[C@H](O)[C@H](O)[C@H]1O. The molecule has 0 spiro atoms. The molecule has 4 heterocycles. The minimum absolute atomic E-state index is 0.0621. The van der Waals surface area contributed by atoms with E-state index in [-0.39, 0.29) is 16.9 Å². The van der Waals surface area contributed by atoms with Gasteiger partial charge < -0.3 is 89.0 Å². The molecule has 0 aliphatic carbocycles. The Morgan fingerprint density at radius 2 is 1.29 bits per heavy atom. The molecule has 3 saturated heterocycles. The fraction of sp³-hybridized carbons (Fsp3) is 0.531. The van der Waals surface area contributed by atoms with Crippen LogP contribution >= 0.6 is 0 Å². The first-order valence-corrected chi connectivity index (χ1v) is 15.8. The van der Waals surface area contributed by atoms with Gasteiger partial charge >= 0.3 is 0 Å². The van der Waals surface area contributed by atoms with Gasteiger partial charge in [0.25, 0.3) is 0 Å². The van der Waals surface area contributed by atoms with Crippen LogP contribution in [0.5, 0.6) is 28.7 Å². The summed E-state index contributed by atoms with van der Waals surface area (Å²) in [5, 5.41) is 113. The lowest BCUT2D eigenvalue weighted by atomic mass is 9.99. The number of phenols is 3.